The van der Waals surface area contributed by atoms with Crippen LogP contribution in [-0.2, 0) is 0 Å². The van der Waals surface area contributed by atoms with Crippen LogP contribution in [0.2, 0.25) is 0 Å². The van der Waals surface area contributed by atoms with Crippen molar-refractivity contribution < 1.29 is 30.6 Å². The molecule has 1 rings (SSSR count). The summed E-state index contributed by atoms with van der Waals surface area (Å²) >= 11 is 0. The first kappa shape index (κ1) is 47.0. The first-order valence-electron chi connectivity index (χ1n) is 13.7. The highest BCUT2D eigenvalue weighted by molar-refractivity contribution is 4.52. The molecule has 0 spiro atoms. The number of aliphatic hydroxyl groups excluding tert-OH is 6. The molecule has 0 saturated heterocycles. The van der Waals surface area contributed by atoms with E-state index in [1.807, 2.05) is 0 Å². The average molecular weight is 501 g/mol. The Morgan fingerprint density at radius 3 is 0.206 bits per heavy atom. The van der Waals surface area contributed by atoms with Crippen LogP contribution < -0.4 is 0 Å². The van der Waals surface area contributed by atoms with E-state index < -0.39 is 0 Å². The van der Waals surface area contributed by atoms with Crippen molar-refractivity contribution >= 4 is 0 Å². The number of aliphatic hydroxyl groups is 6. The molecule has 6 N–H and O–H groups in total. The molecule has 216 valence electrons. The first-order valence-corrected chi connectivity index (χ1v) is 13.7. The average Bonchev–Trinajstić information content (AvgIpc) is 2.94. The Morgan fingerprint density at radius 1 is 0.147 bits per heavy atom. The highest BCUT2D eigenvalue weighted by Crippen LogP contribution is 2.16. The summed E-state index contributed by atoms with van der Waals surface area (Å²) in [6, 6.07) is 0. The van der Waals surface area contributed by atoms with E-state index >= 15 is 0 Å². The normalized spacial score (nSPS) is 16.6. The van der Waals surface area contributed by atoms with E-state index in [9.17, 15) is 0 Å². The molecule has 1 fully saturated rings. The molecule has 0 aliphatic heterocycles. The van der Waals surface area contributed by atoms with Gasteiger partial charge in [-0.15, -0.1) is 0 Å². The standard InChI is InChI=1S/C22H44.6CH4O/c1-2-4-6-8-10-12-14-16-18-20-22-21-19-17-15-13-11-9-7-5-3-1;6*1-2/h1-22H2;6*2H,1H3. The highest BCUT2D eigenvalue weighted by Gasteiger charge is 1.97. The molecular weight excluding hydrogens is 432 g/mol. The molecule has 0 radical (unpaired) electrons. The Labute approximate surface area is 214 Å². The van der Waals surface area contributed by atoms with Gasteiger partial charge in [-0.2, -0.15) is 0 Å². The lowest BCUT2D eigenvalue weighted by atomic mass is 10.0. The maximum absolute atomic E-state index is 7.00. The topological polar surface area (TPSA) is 121 Å². The van der Waals surface area contributed by atoms with E-state index in [-0.39, 0.29) is 0 Å². The molecule has 1 aliphatic rings. The molecule has 0 atom stereocenters. The SMILES string of the molecule is C1CCCCCCCCCCCCCCCCCCCCC1.CO.CO.CO.CO.CO.CO. The molecule has 1 saturated carbocycles. The van der Waals surface area contributed by atoms with Crippen molar-refractivity contribution in [1.82, 2.24) is 0 Å². The van der Waals surface area contributed by atoms with E-state index in [0.29, 0.717) is 0 Å². The zero-order valence-electron chi connectivity index (χ0n) is 24.2. The Kier molecular flexibility index (Phi) is 96.5. The van der Waals surface area contributed by atoms with Crippen LogP contribution in [0.3, 0.4) is 0 Å². The molecule has 0 unspecified atom stereocenters. The lowest BCUT2D eigenvalue weighted by molar-refractivity contribution is 0.399. The minimum atomic E-state index is 1.00. The van der Waals surface area contributed by atoms with Crippen LogP contribution in [0, 0.1) is 0 Å². The van der Waals surface area contributed by atoms with Gasteiger partial charge in [-0.25, -0.2) is 0 Å². The summed E-state index contributed by atoms with van der Waals surface area (Å²) in [5, 5.41) is 42.0. The van der Waals surface area contributed by atoms with Gasteiger partial charge in [-0.3, -0.25) is 0 Å². The summed E-state index contributed by atoms with van der Waals surface area (Å²) in [7, 11) is 6.00. The molecule has 6 heteroatoms. The molecule has 0 bridgehead atoms. The van der Waals surface area contributed by atoms with Crippen LogP contribution in [0.5, 0.6) is 0 Å². The lowest BCUT2D eigenvalue weighted by Crippen LogP contribution is -1.85. The van der Waals surface area contributed by atoms with Gasteiger partial charge in [0.1, 0.15) is 0 Å². The predicted octanol–water partition coefficient (Wildman–Crippen LogP) is 6.23. The van der Waals surface area contributed by atoms with Gasteiger partial charge >= 0.3 is 0 Å². The monoisotopic (exact) mass is 501 g/mol. The largest absolute Gasteiger partial charge is 0.400 e. The first-order chi connectivity index (χ1) is 17.0. The minimum absolute atomic E-state index is 1.00. The van der Waals surface area contributed by atoms with Crippen molar-refractivity contribution in [3.63, 3.8) is 0 Å². The Hall–Kier alpha value is -0.240. The Balaban J connectivity index is -0.000000141. The van der Waals surface area contributed by atoms with Gasteiger partial charge in [0, 0.05) is 42.7 Å². The lowest BCUT2D eigenvalue weighted by Gasteiger charge is -2.05. The van der Waals surface area contributed by atoms with Crippen molar-refractivity contribution in [3.05, 3.63) is 0 Å². The summed E-state index contributed by atoms with van der Waals surface area (Å²) in [5.41, 5.74) is 0. The van der Waals surface area contributed by atoms with Crippen molar-refractivity contribution in [2.45, 2.75) is 141 Å². The predicted molar refractivity (Wildman–Crippen MR) is 150 cm³/mol. The molecule has 0 heterocycles. The summed E-state index contributed by atoms with van der Waals surface area (Å²) in [5.74, 6) is 0. The molecule has 34 heavy (non-hydrogen) atoms. The van der Waals surface area contributed by atoms with Crippen molar-refractivity contribution in [3.8, 4) is 0 Å². The van der Waals surface area contributed by atoms with Crippen molar-refractivity contribution in [2.75, 3.05) is 42.7 Å². The fourth-order valence-electron chi connectivity index (χ4n) is 3.89. The Morgan fingerprint density at radius 2 is 0.176 bits per heavy atom. The van der Waals surface area contributed by atoms with E-state index in [0.717, 1.165) is 42.7 Å². The fourth-order valence-corrected chi connectivity index (χ4v) is 3.89. The van der Waals surface area contributed by atoms with Gasteiger partial charge in [0.15, 0.2) is 0 Å². The van der Waals surface area contributed by atoms with E-state index in [2.05, 4.69) is 0 Å². The van der Waals surface area contributed by atoms with Gasteiger partial charge in [0.25, 0.3) is 0 Å². The van der Waals surface area contributed by atoms with E-state index in [1.54, 1.807) is 0 Å². The third-order valence-electron chi connectivity index (χ3n) is 5.50. The van der Waals surface area contributed by atoms with E-state index in [4.69, 9.17) is 30.6 Å². The number of hydrogen-bond donors (Lipinski definition) is 6. The van der Waals surface area contributed by atoms with Crippen LogP contribution in [0.4, 0.5) is 0 Å². The van der Waals surface area contributed by atoms with Crippen LogP contribution in [0.1, 0.15) is 141 Å². The van der Waals surface area contributed by atoms with E-state index in [1.165, 1.54) is 141 Å². The summed E-state index contributed by atoms with van der Waals surface area (Å²) in [6.45, 7) is 0. The van der Waals surface area contributed by atoms with Gasteiger partial charge in [0.2, 0.25) is 0 Å². The molecule has 0 amide bonds. The van der Waals surface area contributed by atoms with Gasteiger partial charge < -0.3 is 30.6 Å². The third kappa shape index (κ3) is 63.5. The fraction of sp³-hybridized carbons (Fsp3) is 1.00. The van der Waals surface area contributed by atoms with Crippen LogP contribution >= 0.6 is 0 Å². The van der Waals surface area contributed by atoms with Crippen LogP contribution in [0.25, 0.3) is 0 Å². The molecule has 6 nitrogen and oxygen atoms in total. The molecule has 0 aromatic heterocycles. The zero-order chi connectivity index (χ0) is 27.6. The van der Waals surface area contributed by atoms with Crippen molar-refractivity contribution in [1.29, 1.82) is 0 Å². The number of hydrogen-bond acceptors (Lipinski definition) is 6. The summed E-state index contributed by atoms with van der Waals surface area (Å²) in [4.78, 5) is 0. The maximum atomic E-state index is 7.00. The van der Waals surface area contributed by atoms with Crippen molar-refractivity contribution in [2.24, 2.45) is 0 Å². The highest BCUT2D eigenvalue weighted by atomic mass is 16.2. The molecule has 0 aromatic carbocycles. The second-order valence-electron chi connectivity index (χ2n) is 7.78. The summed E-state index contributed by atoms with van der Waals surface area (Å²) in [6.07, 6.45) is 33.0. The zero-order valence-corrected chi connectivity index (χ0v) is 24.2. The number of rotatable bonds is 0. The quantitative estimate of drug-likeness (QED) is 0.234. The third-order valence-corrected chi connectivity index (χ3v) is 5.50. The van der Waals surface area contributed by atoms with Crippen LogP contribution in [-0.4, -0.2) is 73.3 Å². The van der Waals surface area contributed by atoms with Crippen LogP contribution in [0.15, 0.2) is 0 Å². The summed E-state index contributed by atoms with van der Waals surface area (Å²) < 4.78 is 0. The molecular formula is C28H68O6. The smallest absolute Gasteiger partial charge is 0.0319 e. The minimum Gasteiger partial charge on any atom is -0.400 e. The molecule has 0 aromatic rings. The molecule has 1 aliphatic carbocycles. The van der Waals surface area contributed by atoms with Gasteiger partial charge in [0.05, 0.1) is 0 Å². The van der Waals surface area contributed by atoms with Gasteiger partial charge in [-0.1, -0.05) is 141 Å². The Bertz CT molecular complexity index is 121. The second kappa shape index (κ2) is 69.8. The maximum Gasteiger partial charge on any atom is 0.0319 e. The second-order valence-corrected chi connectivity index (χ2v) is 7.78. The van der Waals surface area contributed by atoms with Gasteiger partial charge in [-0.05, 0) is 0 Å².